The number of aryl methyl sites for hydroxylation is 1. The summed E-state index contributed by atoms with van der Waals surface area (Å²) < 4.78 is 2.09. The molecule has 1 aromatic heterocycles. The van der Waals surface area contributed by atoms with Crippen LogP contribution in [0.25, 0.3) is 0 Å². The van der Waals surface area contributed by atoms with Gasteiger partial charge in [0.25, 0.3) is 0 Å². The van der Waals surface area contributed by atoms with Gasteiger partial charge in [-0.2, -0.15) is 0 Å². The average molecular weight is 236 g/mol. The Morgan fingerprint density at radius 2 is 2.12 bits per heavy atom. The van der Waals surface area contributed by atoms with Crippen molar-refractivity contribution in [3.8, 4) is 0 Å². The molecule has 96 valence electrons. The lowest BCUT2D eigenvalue weighted by atomic mass is 9.97. The van der Waals surface area contributed by atoms with E-state index in [-0.39, 0.29) is 0 Å². The van der Waals surface area contributed by atoms with Crippen molar-refractivity contribution >= 4 is 0 Å². The van der Waals surface area contributed by atoms with Crippen LogP contribution in [0.1, 0.15) is 18.7 Å². The zero-order valence-corrected chi connectivity index (χ0v) is 11.0. The third-order valence-electron chi connectivity index (χ3n) is 3.72. The average Bonchev–Trinajstić information content (AvgIpc) is 2.73. The summed E-state index contributed by atoms with van der Waals surface area (Å²) in [6.45, 7) is 4.72. The molecular weight excluding hydrogens is 212 g/mol. The summed E-state index contributed by atoms with van der Waals surface area (Å²) in [6, 6.07) is 0. The topological polar surface area (TPSA) is 33.1 Å². The van der Waals surface area contributed by atoms with E-state index in [2.05, 4.69) is 33.9 Å². The first-order valence-corrected chi connectivity index (χ1v) is 6.61. The summed E-state index contributed by atoms with van der Waals surface area (Å²) in [5, 5.41) is 3.56. The van der Waals surface area contributed by atoms with E-state index >= 15 is 0 Å². The second kappa shape index (κ2) is 6.17. The number of rotatable bonds is 5. The minimum absolute atomic E-state index is 0.868. The summed E-state index contributed by atoms with van der Waals surface area (Å²) >= 11 is 0. The molecule has 0 aromatic carbocycles. The van der Waals surface area contributed by atoms with E-state index < -0.39 is 0 Å². The molecule has 0 radical (unpaired) electrons. The van der Waals surface area contributed by atoms with Gasteiger partial charge in [0.1, 0.15) is 5.82 Å². The maximum Gasteiger partial charge on any atom is 0.109 e. The third-order valence-corrected chi connectivity index (χ3v) is 3.72. The van der Waals surface area contributed by atoms with E-state index in [9.17, 15) is 0 Å². The molecule has 1 N–H and O–H groups in total. The van der Waals surface area contributed by atoms with Crippen molar-refractivity contribution in [1.29, 1.82) is 0 Å². The van der Waals surface area contributed by atoms with E-state index in [0.717, 1.165) is 25.4 Å². The first kappa shape index (κ1) is 12.6. The minimum atomic E-state index is 0.868. The van der Waals surface area contributed by atoms with Crippen molar-refractivity contribution in [3.05, 3.63) is 18.2 Å². The maximum atomic E-state index is 4.33. The SMILES string of the molecule is CN1CCC(CNCCc2nccn2C)CC1. The summed E-state index contributed by atoms with van der Waals surface area (Å²) in [5.41, 5.74) is 0. The Kier molecular flexibility index (Phi) is 4.57. The first-order chi connectivity index (χ1) is 8.25. The van der Waals surface area contributed by atoms with Gasteiger partial charge >= 0.3 is 0 Å². The van der Waals surface area contributed by atoms with Gasteiger partial charge in [0.05, 0.1) is 0 Å². The Labute approximate surface area is 104 Å². The van der Waals surface area contributed by atoms with Gasteiger partial charge in [-0.05, 0) is 45.4 Å². The fourth-order valence-electron chi connectivity index (χ4n) is 2.41. The molecule has 4 heteroatoms. The third kappa shape index (κ3) is 3.82. The number of nitrogens with one attached hydrogen (secondary N) is 1. The largest absolute Gasteiger partial charge is 0.338 e. The smallest absolute Gasteiger partial charge is 0.109 e. The summed E-state index contributed by atoms with van der Waals surface area (Å²) in [6.07, 6.45) is 7.58. The molecule has 17 heavy (non-hydrogen) atoms. The van der Waals surface area contributed by atoms with Gasteiger partial charge < -0.3 is 14.8 Å². The molecule has 0 spiro atoms. The molecular formula is C13H24N4. The van der Waals surface area contributed by atoms with Gasteiger partial charge in [-0.1, -0.05) is 0 Å². The van der Waals surface area contributed by atoms with E-state index in [1.807, 2.05) is 12.4 Å². The lowest BCUT2D eigenvalue weighted by Crippen LogP contribution is -2.35. The number of piperidine rings is 1. The van der Waals surface area contributed by atoms with Crippen LogP contribution in [-0.4, -0.2) is 47.7 Å². The van der Waals surface area contributed by atoms with E-state index in [1.165, 1.54) is 31.8 Å². The van der Waals surface area contributed by atoms with Crippen molar-refractivity contribution < 1.29 is 0 Å². The highest BCUT2D eigenvalue weighted by Gasteiger charge is 2.15. The van der Waals surface area contributed by atoms with Crippen LogP contribution in [-0.2, 0) is 13.5 Å². The molecule has 1 aliphatic rings. The second-order valence-electron chi connectivity index (χ2n) is 5.16. The Balaban J connectivity index is 1.59. The zero-order chi connectivity index (χ0) is 12.1. The van der Waals surface area contributed by atoms with Gasteiger partial charge in [-0.15, -0.1) is 0 Å². The molecule has 2 rings (SSSR count). The highest BCUT2D eigenvalue weighted by Crippen LogP contribution is 2.14. The van der Waals surface area contributed by atoms with E-state index in [4.69, 9.17) is 0 Å². The van der Waals surface area contributed by atoms with Crippen LogP contribution in [0.3, 0.4) is 0 Å². The summed E-state index contributed by atoms with van der Waals surface area (Å²) in [4.78, 5) is 6.75. The van der Waals surface area contributed by atoms with Crippen molar-refractivity contribution in [2.24, 2.45) is 13.0 Å². The van der Waals surface area contributed by atoms with Crippen LogP contribution in [0, 0.1) is 5.92 Å². The number of aromatic nitrogens is 2. The van der Waals surface area contributed by atoms with Crippen molar-refractivity contribution in [3.63, 3.8) is 0 Å². The number of hydrogen-bond donors (Lipinski definition) is 1. The molecule has 4 nitrogen and oxygen atoms in total. The van der Waals surface area contributed by atoms with Gasteiger partial charge in [-0.25, -0.2) is 4.98 Å². The molecule has 1 saturated heterocycles. The van der Waals surface area contributed by atoms with Gasteiger partial charge in [-0.3, -0.25) is 0 Å². The minimum Gasteiger partial charge on any atom is -0.338 e. The number of imidazole rings is 1. The fourth-order valence-corrected chi connectivity index (χ4v) is 2.41. The van der Waals surface area contributed by atoms with Crippen molar-refractivity contribution in [1.82, 2.24) is 19.8 Å². The van der Waals surface area contributed by atoms with Gasteiger partial charge in [0, 0.05) is 32.4 Å². The fraction of sp³-hybridized carbons (Fsp3) is 0.769. The van der Waals surface area contributed by atoms with Crippen LogP contribution >= 0.6 is 0 Å². The molecule has 0 amide bonds. The standard InChI is InChI=1S/C13H24N4/c1-16-8-4-12(5-9-16)11-14-6-3-13-15-7-10-17(13)2/h7,10,12,14H,3-6,8-9,11H2,1-2H3. The number of hydrogen-bond acceptors (Lipinski definition) is 3. The van der Waals surface area contributed by atoms with Crippen LogP contribution < -0.4 is 5.32 Å². The predicted molar refractivity (Wildman–Crippen MR) is 70.0 cm³/mol. The molecule has 0 aliphatic carbocycles. The van der Waals surface area contributed by atoms with E-state index in [1.54, 1.807) is 0 Å². The Hall–Kier alpha value is -0.870. The highest BCUT2D eigenvalue weighted by molar-refractivity contribution is 4.91. The Morgan fingerprint density at radius 3 is 2.76 bits per heavy atom. The molecule has 1 fully saturated rings. The number of nitrogens with zero attached hydrogens (tertiary/aromatic N) is 3. The molecule has 0 saturated carbocycles. The van der Waals surface area contributed by atoms with Crippen molar-refractivity contribution in [2.75, 3.05) is 33.2 Å². The quantitative estimate of drug-likeness (QED) is 0.771. The van der Waals surface area contributed by atoms with Crippen LogP contribution in [0.5, 0.6) is 0 Å². The molecule has 1 aromatic rings. The molecule has 0 unspecified atom stereocenters. The number of likely N-dealkylation sites (tertiary alicyclic amines) is 1. The van der Waals surface area contributed by atoms with E-state index in [0.29, 0.717) is 0 Å². The maximum absolute atomic E-state index is 4.33. The molecule has 0 bridgehead atoms. The summed E-state index contributed by atoms with van der Waals surface area (Å²) in [5.74, 6) is 2.04. The zero-order valence-electron chi connectivity index (χ0n) is 11.0. The van der Waals surface area contributed by atoms with Crippen molar-refractivity contribution in [2.45, 2.75) is 19.3 Å². The summed E-state index contributed by atoms with van der Waals surface area (Å²) in [7, 11) is 4.27. The molecule has 1 aliphatic heterocycles. The lowest BCUT2D eigenvalue weighted by molar-refractivity contribution is 0.216. The normalized spacial score (nSPS) is 18.7. The lowest BCUT2D eigenvalue weighted by Gasteiger charge is -2.29. The van der Waals surface area contributed by atoms with Gasteiger partial charge in [0.15, 0.2) is 0 Å². The van der Waals surface area contributed by atoms with Crippen LogP contribution in [0.4, 0.5) is 0 Å². The van der Waals surface area contributed by atoms with Crippen LogP contribution in [0.2, 0.25) is 0 Å². The first-order valence-electron chi connectivity index (χ1n) is 6.61. The highest BCUT2D eigenvalue weighted by atomic mass is 15.1. The monoisotopic (exact) mass is 236 g/mol. The Bertz CT molecular complexity index is 326. The van der Waals surface area contributed by atoms with Crippen LogP contribution in [0.15, 0.2) is 12.4 Å². The second-order valence-corrected chi connectivity index (χ2v) is 5.16. The van der Waals surface area contributed by atoms with Gasteiger partial charge in [0.2, 0.25) is 0 Å². The predicted octanol–water partition coefficient (Wildman–Crippen LogP) is 0.894. The molecule has 0 atom stereocenters. The Morgan fingerprint density at radius 1 is 1.35 bits per heavy atom. The molecule has 2 heterocycles.